The number of nitrogens with one attached hydrogen (secondary N) is 1. The summed E-state index contributed by atoms with van der Waals surface area (Å²) in [6.07, 6.45) is 2.08. The summed E-state index contributed by atoms with van der Waals surface area (Å²) in [6.45, 7) is 1.69. The summed E-state index contributed by atoms with van der Waals surface area (Å²) in [5, 5.41) is 8.33. The number of primary sulfonamides is 1. The van der Waals surface area contributed by atoms with Crippen molar-refractivity contribution in [2.24, 2.45) is 5.14 Å². The number of fused-ring (bicyclic) bond motifs is 1. The molecule has 4 nitrogen and oxygen atoms in total. The van der Waals surface area contributed by atoms with Gasteiger partial charge in [-0.1, -0.05) is 6.07 Å². The predicted molar refractivity (Wildman–Crippen MR) is 65.1 cm³/mol. The Hall–Kier alpha value is -0.620. The van der Waals surface area contributed by atoms with Gasteiger partial charge in [-0.15, -0.1) is 12.4 Å². The molecule has 3 N–H and O–H groups in total. The van der Waals surface area contributed by atoms with Gasteiger partial charge in [-0.05, 0) is 42.6 Å². The van der Waals surface area contributed by atoms with Crippen molar-refractivity contribution < 1.29 is 8.42 Å². The van der Waals surface area contributed by atoms with Crippen LogP contribution in [0.3, 0.4) is 0 Å². The molecule has 2 rings (SSSR count). The Morgan fingerprint density at radius 3 is 2.69 bits per heavy atom. The summed E-state index contributed by atoms with van der Waals surface area (Å²) in [7, 11) is -3.58. The van der Waals surface area contributed by atoms with Gasteiger partial charge in [0.15, 0.2) is 0 Å². The first kappa shape index (κ1) is 13.4. The van der Waals surface area contributed by atoms with Crippen LogP contribution in [0.4, 0.5) is 0 Å². The topological polar surface area (TPSA) is 72.2 Å². The number of benzene rings is 1. The summed E-state index contributed by atoms with van der Waals surface area (Å²) in [5.41, 5.74) is 2.26. The molecule has 1 aromatic rings. The van der Waals surface area contributed by atoms with Crippen LogP contribution >= 0.6 is 12.4 Å². The Labute approximate surface area is 102 Å². The molecule has 0 spiro atoms. The molecule has 0 atom stereocenters. The van der Waals surface area contributed by atoms with Crippen LogP contribution < -0.4 is 10.5 Å². The van der Waals surface area contributed by atoms with Crippen molar-refractivity contribution >= 4 is 22.4 Å². The highest BCUT2D eigenvalue weighted by atomic mass is 35.5. The van der Waals surface area contributed by atoms with Gasteiger partial charge in [0.2, 0.25) is 10.0 Å². The zero-order valence-electron chi connectivity index (χ0n) is 8.77. The van der Waals surface area contributed by atoms with E-state index < -0.39 is 10.0 Å². The molecule has 90 valence electrons. The molecule has 16 heavy (non-hydrogen) atoms. The molecule has 0 aromatic heterocycles. The molecule has 0 amide bonds. The van der Waals surface area contributed by atoms with Crippen molar-refractivity contribution in [3.8, 4) is 0 Å². The number of nitrogens with two attached hydrogens (primary N) is 1. The summed E-state index contributed by atoms with van der Waals surface area (Å²) < 4.78 is 22.3. The Morgan fingerprint density at radius 2 is 2.00 bits per heavy atom. The normalized spacial score (nSPS) is 15.8. The van der Waals surface area contributed by atoms with Crippen LogP contribution in [0.15, 0.2) is 23.1 Å². The largest absolute Gasteiger partial charge is 0.313 e. The van der Waals surface area contributed by atoms with Crippen molar-refractivity contribution in [2.75, 3.05) is 6.54 Å². The molecule has 0 saturated heterocycles. The van der Waals surface area contributed by atoms with E-state index in [9.17, 15) is 8.42 Å². The lowest BCUT2D eigenvalue weighted by molar-refractivity contribution is 0.597. The van der Waals surface area contributed by atoms with Crippen molar-refractivity contribution in [3.63, 3.8) is 0 Å². The molecule has 0 unspecified atom stereocenters. The van der Waals surface area contributed by atoms with Crippen LogP contribution in [0.2, 0.25) is 0 Å². The maximum atomic E-state index is 11.2. The number of hydrogen-bond acceptors (Lipinski definition) is 3. The minimum atomic E-state index is -3.58. The third kappa shape index (κ3) is 2.95. The maximum Gasteiger partial charge on any atom is 0.238 e. The van der Waals surface area contributed by atoms with E-state index >= 15 is 0 Å². The number of rotatable bonds is 1. The quantitative estimate of drug-likeness (QED) is 0.786. The predicted octanol–water partition coefficient (Wildman–Crippen LogP) is 0.792. The molecule has 6 heteroatoms. The van der Waals surface area contributed by atoms with E-state index in [1.807, 2.05) is 6.07 Å². The van der Waals surface area contributed by atoms with Gasteiger partial charge in [-0.2, -0.15) is 0 Å². The van der Waals surface area contributed by atoms with Crippen molar-refractivity contribution in [1.29, 1.82) is 0 Å². The lowest BCUT2D eigenvalue weighted by Gasteiger charge is -2.07. The van der Waals surface area contributed by atoms with E-state index in [0.29, 0.717) is 0 Å². The molecule has 0 aliphatic carbocycles. The summed E-state index contributed by atoms with van der Waals surface area (Å²) in [6, 6.07) is 5.12. The SMILES string of the molecule is Cl.NS(=O)(=O)c1ccc2c(c1)CNCCC2. The molecular formula is C10H15ClN2O2S. The molecule has 1 aromatic carbocycles. The standard InChI is InChI=1S/C10H14N2O2S.ClH/c11-15(13,14)10-4-3-8-2-1-5-12-7-9(8)6-10;/h3-4,6,12H,1-2,5,7H2,(H2,11,13,14);1H. The van der Waals surface area contributed by atoms with Crippen molar-refractivity contribution in [3.05, 3.63) is 29.3 Å². The lowest BCUT2D eigenvalue weighted by Crippen LogP contribution is -2.14. The Morgan fingerprint density at radius 1 is 1.25 bits per heavy atom. The molecule has 0 bridgehead atoms. The van der Waals surface area contributed by atoms with Gasteiger partial charge in [0.25, 0.3) is 0 Å². The van der Waals surface area contributed by atoms with E-state index in [0.717, 1.165) is 31.5 Å². The zero-order chi connectivity index (χ0) is 10.9. The van der Waals surface area contributed by atoms with Gasteiger partial charge in [0, 0.05) is 6.54 Å². The van der Waals surface area contributed by atoms with E-state index in [4.69, 9.17) is 5.14 Å². The van der Waals surface area contributed by atoms with E-state index in [-0.39, 0.29) is 17.3 Å². The molecule has 1 aliphatic heterocycles. The van der Waals surface area contributed by atoms with Crippen LogP contribution in [0, 0.1) is 0 Å². The Bertz CT molecular complexity index is 474. The van der Waals surface area contributed by atoms with Gasteiger partial charge in [-0.3, -0.25) is 0 Å². The van der Waals surface area contributed by atoms with Crippen LogP contribution in [0.1, 0.15) is 17.5 Å². The highest BCUT2D eigenvalue weighted by Crippen LogP contribution is 2.18. The first-order valence-electron chi connectivity index (χ1n) is 4.93. The van der Waals surface area contributed by atoms with Crippen molar-refractivity contribution in [2.45, 2.75) is 24.3 Å². The second kappa shape index (κ2) is 5.14. The number of sulfonamides is 1. The summed E-state index contributed by atoms with van der Waals surface area (Å²) >= 11 is 0. The molecule has 0 radical (unpaired) electrons. The fraction of sp³-hybridized carbons (Fsp3) is 0.400. The molecule has 1 heterocycles. The Kier molecular flexibility index (Phi) is 4.32. The van der Waals surface area contributed by atoms with E-state index in [1.165, 1.54) is 5.56 Å². The average molecular weight is 263 g/mol. The monoisotopic (exact) mass is 262 g/mol. The lowest BCUT2D eigenvalue weighted by atomic mass is 10.0. The summed E-state index contributed by atoms with van der Waals surface area (Å²) in [4.78, 5) is 0.199. The minimum absolute atomic E-state index is 0. The third-order valence-electron chi connectivity index (χ3n) is 2.62. The second-order valence-corrected chi connectivity index (χ2v) is 5.32. The van der Waals surface area contributed by atoms with Crippen LogP contribution in [-0.2, 0) is 23.0 Å². The summed E-state index contributed by atoms with van der Waals surface area (Å²) in [5.74, 6) is 0. The van der Waals surface area contributed by atoms with Crippen LogP contribution in [0.25, 0.3) is 0 Å². The van der Waals surface area contributed by atoms with E-state index in [2.05, 4.69) is 5.32 Å². The average Bonchev–Trinajstić information content (AvgIpc) is 2.39. The zero-order valence-corrected chi connectivity index (χ0v) is 10.4. The maximum absolute atomic E-state index is 11.2. The minimum Gasteiger partial charge on any atom is -0.313 e. The fourth-order valence-corrected chi connectivity index (χ4v) is 2.38. The number of aryl methyl sites for hydroxylation is 1. The first-order chi connectivity index (χ1) is 7.07. The van der Waals surface area contributed by atoms with Gasteiger partial charge >= 0.3 is 0 Å². The third-order valence-corrected chi connectivity index (χ3v) is 3.53. The fourth-order valence-electron chi connectivity index (χ4n) is 1.81. The number of hydrogen-bond donors (Lipinski definition) is 2. The van der Waals surface area contributed by atoms with Gasteiger partial charge in [0.05, 0.1) is 4.90 Å². The van der Waals surface area contributed by atoms with Gasteiger partial charge in [-0.25, -0.2) is 13.6 Å². The van der Waals surface area contributed by atoms with Gasteiger partial charge < -0.3 is 5.32 Å². The molecule has 0 fully saturated rings. The molecule has 1 aliphatic rings. The highest BCUT2D eigenvalue weighted by Gasteiger charge is 2.12. The molecular weight excluding hydrogens is 248 g/mol. The molecule has 0 saturated carbocycles. The highest BCUT2D eigenvalue weighted by molar-refractivity contribution is 7.89. The van der Waals surface area contributed by atoms with Crippen molar-refractivity contribution in [1.82, 2.24) is 5.32 Å². The van der Waals surface area contributed by atoms with Crippen LogP contribution in [-0.4, -0.2) is 15.0 Å². The van der Waals surface area contributed by atoms with E-state index in [1.54, 1.807) is 12.1 Å². The Balaban J connectivity index is 0.00000128. The second-order valence-electron chi connectivity index (χ2n) is 3.76. The van der Waals surface area contributed by atoms with Crippen LogP contribution in [0.5, 0.6) is 0 Å². The van der Waals surface area contributed by atoms with Gasteiger partial charge in [0.1, 0.15) is 0 Å². The number of halogens is 1. The first-order valence-corrected chi connectivity index (χ1v) is 6.47. The smallest absolute Gasteiger partial charge is 0.238 e.